The molecule has 7 nitrogen and oxygen atoms in total. The molecule has 0 atom stereocenters. The number of nitrogens with one attached hydrogen (secondary N) is 2. The molecule has 8 heteroatoms. The first kappa shape index (κ1) is 15.9. The largest absolute Gasteiger partial charge is 0.372 e. The van der Waals surface area contributed by atoms with Gasteiger partial charge in [0.25, 0.3) is 5.91 Å². The fourth-order valence-electron chi connectivity index (χ4n) is 2.53. The van der Waals surface area contributed by atoms with Gasteiger partial charge in [0, 0.05) is 20.6 Å². The summed E-state index contributed by atoms with van der Waals surface area (Å²) in [5.41, 5.74) is 2.56. The first-order valence-corrected chi connectivity index (χ1v) is 7.40. The summed E-state index contributed by atoms with van der Waals surface area (Å²) in [4.78, 5) is 20.7. The fraction of sp³-hybridized carbons (Fsp3) is 0.250. The van der Waals surface area contributed by atoms with E-state index in [9.17, 15) is 9.18 Å². The zero-order chi connectivity index (χ0) is 17.3. The second-order valence-corrected chi connectivity index (χ2v) is 5.41. The molecule has 0 spiro atoms. The van der Waals surface area contributed by atoms with Gasteiger partial charge in [0.1, 0.15) is 23.2 Å². The van der Waals surface area contributed by atoms with Crippen LogP contribution in [0.5, 0.6) is 0 Å². The number of aryl methyl sites for hydroxylation is 2. The average molecular weight is 328 g/mol. The van der Waals surface area contributed by atoms with Crippen LogP contribution >= 0.6 is 0 Å². The zero-order valence-electron chi connectivity index (χ0n) is 13.6. The molecule has 1 amide bonds. The van der Waals surface area contributed by atoms with Crippen molar-refractivity contribution >= 4 is 22.8 Å². The van der Waals surface area contributed by atoms with Crippen molar-refractivity contribution in [1.82, 2.24) is 25.1 Å². The molecular weight excluding hydrogens is 311 g/mol. The van der Waals surface area contributed by atoms with E-state index in [0.29, 0.717) is 22.4 Å². The molecule has 24 heavy (non-hydrogen) atoms. The molecule has 0 saturated carbocycles. The lowest BCUT2D eigenvalue weighted by atomic mass is 10.1. The van der Waals surface area contributed by atoms with Crippen LogP contribution in [0.4, 0.5) is 10.2 Å². The monoisotopic (exact) mass is 328 g/mol. The topological polar surface area (TPSA) is 84.7 Å². The van der Waals surface area contributed by atoms with E-state index in [4.69, 9.17) is 0 Å². The maximum atomic E-state index is 13.3. The molecule has 0 aliphatic rings. The molecule has 0 fully saturated rings. The number of hydrogen-bond acceptors (Lipinski definition) is 5. The van der Waals surface area contributed by atoms with Crippen LogP contribution in [0.1, 0.15) is 21.6 Å². The minimum absolute atomic E-state index is 0.205. The Bertz CT molecular complexity index is 920. The predicted molar refractivity (Wildman–Crippen MR) is 88.2 cm³/mol. The quantitative estimate of drug-likeness (QED) is 0.763. The summed E-state index contributed by atoms with van der Waals surface area (Å²) in [6.07, 6.45) is 1.34. The lowest BCUT2D eigenvalue weighted by Gasteiger charge is -2.06. The van der Waals surface area contributed by atoms with Crippen molar-refractivity contribution in [3.63, 3.8) is 0 Å². The molecule has 2 N–H and O–H groups in total. The third-order valence-electron chi connectivity index (χ3n) is 3.75. The van der Waals surface area contributed by atoms with Gasteiger partial charge in [0.2, 0.25) is 0 Å². The van der Waals surface area contributed by atoms with Gasteiger partial charge in [0.15, 0.2) is 11.5 Å². The summed E-state index contributed by atoms with van der Waals surface area (Å²) in [5, 5.41) is 10.1. The van der Waals surface area contributed by atoms with Crippen LogP contribution in [-0.2, 0) is 13.6 Å². The van der Waals surface area contributed by atoms with Gasteiger partial charge in [-0.15, -0.1) is 0 Å². The van der Waals surface area contributed by atoms with Crippen molar-refractivity contribution in [2.45, 2.75) is 13.5 Å². The van der Waals surface area contributed by atoms with Crippen LogP contribution in [-0.4, -0.2) is 32.7 Å². The van der Waals surface area contributed by atoms with E-state index in [1.165, 1.54) is 12.4 Å². The molecule has 124 valence electrons. The van der Waals surface area contributed by atoms with Crippen LogP contribution in [0.3, 0.4) is 0 Å². The van der Waals surface area contributed by atoms with E-state index >= 15 is 0 Å². The summed E-state index contributed by atoms with van der Waals surface area (Å²) < 4.78 is 14.9. The van der Waals surface area contributed by atoms with Crippen LogP contribution in [0, 0.1) is 12.7 Å². The highest BCUT2D eigenvalue weighted by atomic mass is 19.1. The molecule has 0 bridgehead atoms. The van der Waals surface area contributed by atoms with Gasteiger partial charge in [-0.25, -0.2) is 14.4 Å². The summed E-state index contributed by atoms with van der Waals surface area (Å²) in [6.45, 7) is 1.96. The number of anilines is 1. The molecule has 0 aliphatic heterocycles. The molecule has 2 aromatic heterocycles. The van der Waals surface area contributed by atoms with Crippen LogP contribution < -0.4 is 10.6 Å². The number of nitrogens with zero attached hydrogens (tertiary/aromatic N) is 4. The first-order valence-electron chi connectivity index (χ1n) is 7.40. The van der Waals surface area contributed by atoms with E-state index in [2.05, 4.69) is 25.7 Å². The van der Waals surface area contributed by atoms with Crippen molar-refractivity contribution in [2.24, 2.45) is 7.05 Å². The molecule has 3 aromatic rings. The number of fused-ring (bicyclic) bond motifs is 1. The maximum absolute atomic E-state index is 13.3. The van der Waals surface area contributed by atoms with Gasteiger partial charge < -0.3 is 10.6 Å². The molecule has 0 radical (unpaired) electrons. The Hall–Kier alpha value is -3.03. The van der Waals surface area contributed by atoms with Gasteiger partial charge in [-0.3, -0.25) is 9.48 Å². The van der Waals surface area contributed by atoms with E-state index < -0.39 is 0 Å². The number of carbonyl (C=O) groups excluding carboxylic acids is 1. The van der Waals surface area contributed by atoms with Crippen molar-refractivity contribution < 1.29 is 9.18 Å². The Kier molecular flexibility index (Phi) is 4.11. The molecule has 0 saturated heterocycles. The smallest absolute Gasteiger partial charge is 0.272 e. The second kappa shape index (κ2) is 6.23. The Labute approximate surface area is 137 Å². The summed E-state index contributed by atoms with van der Waals surface area (Å²) >= 11 is 0. The number of carbonyl (C=O) groups is 1. The highest BCUT2D eigenvalue weighted by Crippen LogP contribution is 2.21. The number of halogens is 1. The number of aromatic nitrogens is 4. The Morgan fingerprint density at radius 3 is 2.79 bits per heavy atom. The summed E-state index contributed by atoms with van der Waals surface area (Å²) in [5.74, 6) is 0.0800. The van der Waals surface area contributed by atoms with Crippen LogP contribution in [0.15, 0.2) is 24.5 Å². The third kappa shape index (κ3) is 2.78. The Morgan fingerprint density at radius 1 is 1.29 bits per heavy atom. The van der Waals surface area contributed by atoms with Crippen molar-refractivity contribution in [3.05, 3.63) is 47.2 Å². The fourth-order valence-corrected chi connectivity index (χ4v) is 2.53. The van der Waals surface area contributed by atoms with Gasteiger partial charge >= 0.3 is 0 Å². The van der Waals surface area contributed by atoms with E-state index in [0.717, 1.165) is 5.56 Å². The lowest BCUT2D eigenvalue weighted by Crippen LogP contribution is -2.24. The molecule has 3 rings (SSSR count). The number of hydrogen-bond donors (Lipinski definition) is 2. The van der Waals surface area contributed by atoms with Crippen molar-refractivity contribution in [2.75, 3.05) is 12.4 Å². The minimum Gasteiger partial charge on any atom is -0.372 e. The Morgan fingerprint density at radius 2 is 2.08 bits per heavy atom. The number of amides is 1. The molecule has 0 unspecified atom stereocenters. The summed E-state index contributed by atoms with van der Waals surface area (Å²) in [6, 6.07) is 4.72. The highest BCUT2D eigenvalue weighted by molar-refractivity contribution is 6.04. The second-order valence-electron chi connectivity index (χ2n) is 5.41. The zero-order valence-corrected chi connectivity index (χ0v) is 13.6. The van der Waals surface area contributed by atoms with Gasteiger partial charge in [-0.05, 0) is 24.1 Å². The standard InChI is InChI=1S/C16H17FN6O/c1-9-6-10(4-5-11(9)17)7-19-16(24)14-12-13(20-8-21-14)15(18-2)23(3)22-12/h4-6,8,18H,7H2,1-3H3,(H,19,24). The number of rotatable bonds is 4. The first-order chi connectivity index (χ1) is 11.5. The predicted octanol–water partition coefficient (Wildman–Crippen LogP) is 1.78. The number of benzene rings is 1. The normalized spacial score (nSPS) is 10.8. The minimum atomic E-state index is -0.356. The van der Waals surface area contributed by atoms with Crippen LogP contribution in [0.2, 0.25) is 0 Å². The third-order valence-corrected chi connectivity index (χ3v) is 3.75. The van der Waals surface area contributed by atoms with E-state index in [-0.39, 0.29) is 24.0 Å². The Balaban J connectivity index is 1.85. The molecule has 2 heterocycles. The molecular formula is C16H17FN6O. The highest BCUT2D eigenvalue weighted by Gasteiger charge is 2.18. The lowest BCUT2D eigenvalue weighted by molar-refractivity contribution is 0.0947. The van der Waals surface area contributed by atoms with Gasteiger partial charge in [0.05, 0.1) is 0 Å². The van der Waals surface area contributed by atoms with Crippen LogP contribution in [0.25, 0.3) is 11.0 Å². The van der Waals surface area contributed by atoms with Crippen molar-refractivity contribution in [3.8, 4) is 0 Å². The summed E-state index contributed by atoms with van der Waals surface area (Å²) in [7, 11) is 3.52. The van der Waals surface area contributed by atoms with E-state index in [1.807, 2.05) is 0 Å². The molecule has 1 aromatic carbocycles. The average Bonchev–Trinajstić information content (AvgIpc) is 2.90. The SMILES string of the molecule is CNc1c2ncnc(C(=O)NCc3ccc(F)c(C)c3)c2nn1C. The van der Waals surface area contributed by atoms with Gasteiger partial charge in [-0.2, -0.15) is 5.10 Å². The maximum Gasteiger partial charge on any atom is 0.272 e. The van der Waals surface area contributed by atoms with Crippen molar-refractivity contribution in [1.29, 1.82) is 0 Å². The molecule has 0 aliphatic carbocycles. The van der Waals surface area contributed by atoms with Gasteiger partial charge in [-0.1, -0.05) is 12.1 Å². The van der Waals surface area contributed by atoms with E-state index in [1.54, 1.807) is 37.8 Å².